The van der Waals surface area contributed by atoms with E-state index in [4.69, 9.17) is 9.73 Å². The summed E-state index contributed by atoms with van der Waals surface area (Å²) in [5.41, 5.74) is 5.52. The van der Waals surface area contributed by atoms with Gasteiger partial charge in [-0.25, -0.2) is 9.79 Å². The molecule has 3 heterocycles. The molecule has 246 valence electrons. The van der Waals surface area contributed by atoms with Gasteiger partial charge in [0.25, 0.3) is 5.56 Å². The van der Waals surface area contributed by atoms with E-state index in [9.17, 15) is 9.59 Å². The highest BCUT2D eigenvalue weighted by Gasteiger charge is 2.35. The minimum absolute atomic E-state index is 0.201. The number of para-hydroxylation sites is 1. The number of esters is 1. The van der Waals surface area contributed by atoms with E-state index in [2.05, 4.69) is 65.4 Å². The lowest BCUT2D eigenvalue weighted by Crippen LogP contribution is -2.40. The lowest BCUT2D eigenvalue weighted by Gasteiger charge is -2.26. The van der Waals surface area contributed by atoms with Crippen LogP contribution in [0.25, 0.3) is 33.4 Å². The van der Waals surface area contributed by atoms with Crippen LogP contribution in [0.4, 0.5) is 0 Å². The summed E-state index contributed by atoms with van der Waals surface area (Å²) in [6.45, 7) is 2.68. The van der Waals surface area contributed by atoms with E-state index in [1.165, 1.54) is 27.7 Å². The van der Waals surface area contributed by atoms with Crippen molar-refractivity contribution in [3.05, 3.63) is 175 Å². The third-order valence-electron chi connectivity index (χ3n) is 9.13. The number of carbonyl (C=O) groups excluding carboxylic acids is 1. The van der Waals surface area contributed by atoms with Crippen LogP contribution in [0.15, 0.2) is 148 Å². The summed E-state index contributed by atoms with van der Waals surface area (Å²) < 4.78 is 10.1. The van der Waals surface area contributed by atoms with E-state index >= 15 is 0 Å². The predicted molar refractivity (Wildman–Crippen MR) is 204 cm³/mol. The molecule has 0 amide bonds. The standard InChI is InChI=1S/C42H33N3O3S2/c1-3-48-41(47)37-38(28-13-5-4-6-14-28)43-42-45(39(37)29-20-22-32(49-2)23-21-29)40(46)36(50-42)24-31-26-44(35-19-10-9-18-34(31)35)25-30-16-11-15-27-12-7-8-17-33(27)30/h4-24,26,39H,3,25H2,1-2H3/b36-24-/t39-/m1/s1. The Labute approximate surface area is 297 Å². The van der Waals surface area contributed by atoms with Gasteiger partial charge in [-0.05, 0) is 59.4 Å². The third-order valence-corrected chi connectivity index (χ3v) is 10.9. The highest BCUT2D eigenvalue weighted by molar-refractivity contribution is 7.98. The normalized spacial score (nSPS) is 14.6. The highest BCUT2D eigenvalue weighted by Crippen LogP contribution is 2.36. The highest BCUT2D eigenvalue weighted by atomic mass is 32.2. The second-order valence-electron chi connectivity index (χ2n) is 12.1. The molecule has 1 atom stereocenters. The third kappa shape index (κ3) is 5.70. The van der Waals surface area contributed by atoms with Gasteiger partial charge in [0, 0.05) is 39.7 Å². The maximum atomic E-state index is 14.6. The van der Waals surface area contributed by atoms with Gasteiger partial charge in [0.1, 0.15) is 0 Å². The number of nitrogens with zero attached hydrogens (tertiary/aromatic N) is 3. The molecule has 5 aromatic carbocycles. The second-order valence-corrected chi connectivity index (χ2v) is 14.0. The fourth-order valence-corrected chi connectivity index (χ4v) is 8.22. The zero-order valence-corrected chi connectivity index (χ0v) is 29.2. The lowest BCUT2D eigenvalue weighted by molar-refractivity contribution is -0.138. The zero-order valence-electron chi connectivity index (χ0n) is 27.6. The SMILES string of the molecule is CCOC(=O)C1=C(c2ccccc2)N=c2s/c(=C\c3cn(Cc4cccc5ccccc45)c4ccccc34)c(=O)n2[C@@H]1c1ccc(SC)cc1. The van der Waals surface area contributed by atoms with Crippen molar-refractivity contribution in [2.24, 2.45) is 4.99 Å². The van der Waals surface area contributed by atoms with Crippen molar-refractivity contribution in [3.8, 4) is 0 Å². The first kappa shape index (κ1) is 31.8. The molecule has 0 saturated heterocycles. The molecule has 7 aromatic rings. The molecular weight excluding hydrogens is 659 g/mol. The average Bonchev–Trinajstić information content (AvgIpc) is 3.67. The van der Waals surface area contributed by atoms with Gasteiger partial charge < -0.3 is 9.30 Å². The summed E-state index contributed by atoms with van der Waals surface area (Å²) in [6.07, 6.45) is 6.12. The van der Waals surface area contributed by atoms with E-state index in [1.807, 2.05) is 79.1 Å². The number of benzene rings is 5. The summed E-state index contributed by atoms with van der Waals surface area (Å²) >= 11 is 2.98. The van der Waals surface area contributed by atoms with Gasteiger partial charge in [0.2, 0.25) is 0 Å². The van der Waals surface area contributed by atoms with Crippen LogP contribution in [0.1, 0.15) is 35.2 Å². The molecule has 1 aliphatic heterocycles. The molecule has 2 aromatic heterocycles. The summed E-state index contributed by atoms with van der Waals surface area (Å²) in [4.78, 5) is 35.0. The summed E-state index contributed by atoms with van der Waals surface area (Å²) in [6, 6.07) is 40.1. The molecule has 50 heavy (non-hydrogen) atoms. The second kappa shape index (κ2) is 13.5. The molecule has 8 heteroatoms. The molecule has 6 nitrogen and oxygen atoms in total. The smallest absolute Gasteiger partial charge is 0.338 e. The summed E-state index contributed by atoms with van der Waals surface area (Å²) in [5.74, 6) is -0.486. The van der Waals surface area contributed by atoms with Crippen LogP contribution < -0.4 is 14.9 Å². The molecule has 0 saturated carbocycles. The Morgan fingerprint density at radius 1 is 0.880 bits per heavy atom. The zero-order chi connectivity index (χ0) is 34.2. The van der Waals surface area contributed by atoms with Crippen LogP contribution in [-0.2, 0) is 16.1 Å². The van der Waals surface area contributed by atoms with Crippen LogP contribution in [0, 0.1) is 0 Å². The monoisotopic (exact) mass is 691 g/mol. The number of rotatable bonds is 8. The van der Waals surface area contributed by atoms with Crippen molar-refractivity contribution < 1.29 is 9.53 Å². The van der Waals surface area contributed by atoms with Crippen molar-refractivity contribution in [1.29, 1.82) is 0 Å². The Kier molecular flexibility index (Phi) is 8.56. The number of thiazole rings is 1. The topological polar surface area (TPSA) is 65.6 Å². The molecule has 0 unspecified atom stereocenters. The maximum Gasteiger partial charge on any atom is 0.338 e. The van der Waals surface area contributed by atoms with Crippen LogP contribution in [0.2, 0.25) is 0 Å². The number of hydrogen-bond acceptors (Lipinski definition) is 6. The van der Waals surface area contributed by atoms with Gasteiger partial charge in [0.05, 0.1) is 28.5 Å². The van der Waals surface area contributed by atoms with Gasteiger partial charge >= 0.3 is 5.97 Å². The fourth-order valence-electron chi connectivity index (χ4n) is 6.82. The van der Waals surface area contributed by atoms with E-state index in [0.29, 0.717) is 27.1 Å². The number of aromatic nitrogens is 2. The number of ether oxygens (including phenoxy) is 1. The Morgan fingerprint density at radius 3 is 2.38 bits per heavy atom. The predicted octanol–water partition coefficient (Wildman–Crippen LogP) is 7.81. The Balaban J connectivity index is 1.32. The largest absolute Gasteiger partial charge is 0.463 e. The Bertz CT molecular complexity index is 2610. The van der Waals surface area contributed by atoms with Crippen molar-refractivity contribution in [2.75, 3.05) is 12.9 Å². The minimum Gasteiger partial charge on any atom is -0.463 e. The molecule has 1 aliphatic rings. The first-order chi connectivity index (χ1) is 24.5. The molecule has 0 fully saturated rings. The molecule has 0 spiro atoms. The summed E-state index contributed by atoms with van der Waals surface area (Å²) in [5, 5.41) is 3.48. The number of hydrogen-bond donors (Lipinski definition) is 0. The first-order valence-electron chi connectivity index (χ1n) is 16.5. The number of fused-ring (bicyclic) bond motifs is 3. The average molecular weight is 692 g/mol. The van der Waals surface area contributed by atoms with Crippen LogP contribution >= 0.6 is 23.1 Å². The van der Waals surface area contributed by atoms with Gasteiger partial charge in [-0.15, -0.1) is 11.8 Å². The quantitative estimate of drug-likeness (QED) is 0.121. The van der Waals surface area contributed by atoms with Crippen molar-refractivity contribution in [2.45, 2.75) is 24.4 Å². The van der Waals surface area contributed by atoms with Crippen LogP contribution in [0.3, 0.4) is 0 Å². The molecule has 0 N–H and O–H groups in total. The van der Waals surface area contributed by atoms with Gasteiger partial charge in [-0.1, -0.05) is 114 Å². The van der Waals surface area contributed by atoms with E-state index in [0.717, 1.165) is 32.5 Å². The van der Waals surface area contributed by atoms with Gasteiger partial charge in [-0.3, -0.25) is 9.36 Å². The molecule has 0 bridgehead atoms. The van der Waals surface area contributed by atoms with Crippen LogP contribution in [0.5, 0.6) is 0 Å². The van der Waals surface area contributed by atoms with Crippen molar-refractivity contribution in [1.82, 2.24) is 9.13 Å². The van der Waals surface area contributed by atoms with Gasteiger partial charge in [0.15, 0.2) is 4.80 Å². The fraction of sp³-hybridized carbons (Fsp3) is 0.119. The van der Waals surface area contributed by atoms with Gasteiger partial charge in [-0.2, -0.15) is 0 Å². The Morgan fingerprint density at radius 2 is 1.60 bits per heavy atom. The molecule has 0 aliphatic carbocycles. The first-order valence-corrected chi connectivity index (χ1v) is 18.5. The Hall–Kier alpha value is -5.44. The van der Waals surface area contributed by atoms with E-state index in [-0.39, 0.29) is 12.2 Å². The van der Waals surface area contributed by atoms with E-state index in [1.54, 1.807) is 23.3 Å². The van der Waals surface area contributed by atoms with Crippen LogP contribution in [-0.4, -0.2) is 28.0 Å². The van der Waals surface area contributed by atoms with Crippen molar-refractivity contribution in [3.63, 3.8) is 0 Å². The molecule has 0 radical (unpaired) electrons. The number of thioether (sulfide) groups is 1. The van der Waals surface area contributed by atoms with Crippen molar-refractivity contribution >= 4 is 62.5 Å². The minimum atomic E-state index is -0.716. The maximum absolute atomic E-state index is 14.6. The molecular formula is C42H33N3O3S2. The number of carbonyl (C=O) groups is 1. The summed E-state index contributed by atoms with van der Waals surface area (Å²) in [7, 11) is 0. The lowest BCUT2D eigenvalue weighted by atomic mass is 9.93. The van der Waals surface area contributed by atoms with E-state index < -0.39 is 12.0 Å². The molecule has 8 rings (SSSR count).